The Morgan fingerprint density at radius 1 is 1.12 bits per heavy atom. The first-order chi connectivity index (χ1) is 12.2. The van der Waals surface area contributed by atoms with Gasteiger partial charge in [-0.1, -0.05) is 0 Å². The van der Waals surface area contributed by atoms with Gasteiger partial charge in [0.25, 0.3) is 5.91 Å². The van der Waals surface area contributed by atoms with E-state index in [9.17, 15) is 9.59 Å². The number of rotatable bonds is 7. The highest BCUT2D eigenvalue weighted by Crippen LogP contribution is 2.24. The third kappa shape index (κ3) is 6.70. The zero-order valence-electron chi connectivity index (χ0n) is 16.4. The lowest BCUT2D eigenvalue weighted by Gasteiger charge is -2.20. The lowest BCUT2D eigenvalue weighted by atomic mass is 10.1. The van der Waals surface area contributed by atoms with Gasteiger partial charge in [-0.2, -0.15) is 0 Å². The third-order valence-corrected chi connectivity index (χ3v) is 4.35. The second-order valence-electron chi connectivity index (χ2n) is 7.97. The number of hydrogen-bond acceptors (Lipinski definition) is 4. The number of hydrogen-bond donors (Lipinski definition) is 0. The Kier molecular flexibility index (Phi) is 7.06. The molecule has 1 amide bonds. The van der Waals surface area contributed by atoms with Crippen LogP contribution >= 0.6 is 0 Å². The second kappa shape index (κ2) is 9.06. The molecule has 144 valence electrons. The van der Waals surface area contributed by atoms with Gasteiger partial charge in [-0.3, -0.25) is 9.59 Å². The highest BCUT2D eigenvalue weighted by Gasteiger charge is 2.18. The fourth-order valence-electron chi connectivity index (χ4n) is 3.05. The van der Waals surface area contributed by atoms with Gasteiger partial charge in [-0.25, -0.2) is 0 Å². The Morgan fingerprint density at radius 3 is 2.31 bits per heavy atom. The average molecular weight is 361 g/mol. The third-order valence-electron chi connectivity index (χ3n) is 4.35. The number of carbonyl (C=O) groups excluding carboxylic acids is 2. The standard InChI is InChI=1S/C21H31NO4/c1-21(2,3)26-19(23)10-7-15-22(4)20(24)16-11-13-18(14-12-16)25-17-8-5-6-9-17/h11-14,17H,5-10,15H2,1-4H3. The predicted octanol–water partition coefficient (Wildman–Crippen LogP) is 4.20. The quantitative estimate of drug-likeness (QED) is 0.683. The summed E-state index contributed by atoms with van der Waals surface area (Å²) < 4.78 is 11.2. The summed E-state index contributed by atoms with van der Waals surface area (Å²) in [7, 11) is 1.75. The van der Waals surface area contributed by atoms with Gasteiger partial charge in [-0.15, -0.1) is 0 Å². The van der Waals surface area contributed by atoms with Crippen LogP contribution in [-0.2, 0) is 9.53 Å². The van der Waals surface area contributed by atoms with Crippen molar-refractivity contribution in [2.45, 2.75) is 71.0 Å². The summed E-state index contributed by atoms with van der Waals surface area (Å²) in [4.78, 5) is 25.8. The summed E-state index contributed by atoms with van der Waals surface area (Å²) in [6, 6.07) is 7.33. The van der Waals surface area contributed by atoms with E-state index in [2.05, 4.69) is 0 Å². The van der Waals surface area contributed by atoms with Crippen LogP contribution in [0.25, 0.3) is 0 Å². The summed E-state index contributed by atoms with van der Waals surface area (Å²) in [5, 5.41) is 0. The van der Waals surface area contributed by atoms with E-state index in [0.29, 0.717) is 31.1 Å². The predicted molar refractivity (Wildman–Crippen MR) is 101 cm³/mol. The largest absolute Gasteiger partial charge is 0.490 e. The van der Waals surface area contributed by atoms with E-state index in [1.807, 2.05) is 32.9 Å². The van der Waals surface area contributed by atoms with Gasteiger partial charge in [0.2, 0.25) is 0 Å². The van der Waals surface area contributed by atoms with Crippen LogP contribution in [0.1, 0.15) is 69.7 Å². The number of benzene rings is 1. The first-order valence-corrected chi connectivity index (χ1v) is 9.48. The number of esters is 1. The highest BCUT2D eigenvalue weighted by molar-refractivity contribution is 5.94. The zero-order valence-corrected chi connectivity index (χ0v) is 16.4. The Hall–Kier alpha value is -2.04. The molecular formula is C21H31NO4. The molecule has 1 aliphatic carbocycles. The van der Waals surface area contributed by atoms with Crippen molar-refractivity contribution < 1.29 is 19.1 Å². The number of nitrogens with zero attached hydrogens (tertiary/aromatic N) is 1. The van der Waals surface area contributed by atoms with Crippen LogP contribution in [0.15, 0.2) is 24.3 Å². The lowest BCUT2D eigenvalue weighted by Crippen LogP contribution is -2.29. The van der Waals surface area contributed by atoms with E-state index in [0.717, 1.165) is 18.6 Å². The van der Waals surface area contributed by atoms with E-state index >= 15 is 0 Å². The summed E-state index contributed by atoms with van der Waals surface area (Å²) in [5.74, 6) is 0.536. The van der Waals surface area contributed by atoms with Crippen LogP contribution in [0.4, 0.5) is 0 Å². The molecule has 0 N–H and O–H groups in total. The average Bonchev–Trinajstić information content (AvgIpc) is 3.06. The number of amides is 1. The van der Waals surface area contributed by atoms with Gasteiger partial charge in [0, 0.05) is 25.6 Å². The van der Waals surface area contributed by atoms with Crippen molar-refractivity contribution >= 4 is 11.9 Å². The van der Waals surface area contributed by atoms with Gasteiger partial charge in [0.05, 0.1) is 6.10 Å². The lowest BCUT2D eigenvalue weighted by molar-refractivity contribution is -0.154. The fourth-order valence-corrected chi connectivity index (χ4v) is 3.05. The van der Waals surface area contributed by atoms with Gasteiger partial charge in [0.1, 0.15) is 11.4 Å². The molecule has 1 aromatic rings. The van der Waals surface area contributed by atoms with Crippen LogP contribution < -0.4 is 4.74 Å². The molecule has 5 heteroatoms. The van der Waals surface area contributed by atoms with Crippen molar-refractivity contribution in [1.82, 2.24) is 4.90 Å². The molecule has 0 aromatic heterocycles. The normalized spacial score (nSPS) is 14.9. The summed E-state index contributed by atoms with van der Waals surface area (Å²) in [6.07, 6.45) is 5.89. The van der Waals surface area contributed by atoms with E-state index in [4.69, 9.17) is 9.47 Å². The van der Waals surface area contributed by atoms with Gasteiger partial charge in [0.15, 0.2) is 0 Å². The second-order valence-corrected chi connectivity index (χ2v) is 7.97. The van der Waals surface area contributed by atoms with Crippen LogP contribution in [0.5, 0.6) is 5.75 Å². The maximum atomic E-state index is 12.5. The van der Waals surface area contributed by atoms with Crippen molar-refractivity contribution in [3.63, 3.8) is 0 Å². The molecule has 0 bridgehead atoms. The molecule has 1 fully saturated rings. The summed E-state index contributed by atoms with van der Waals surface area (Å²) in [6.45, 7) is 6.06. The SMILES string of the molecule is CN(CCCC(=O)OC(C)(C)C)C(=O)c1ccc(OC2CCCC2)cc1. The van der Waals surface area contributed by atoms with E-state index in [-0.39, 0.29) is 11.9 Å². The van der Waals surface area contributed by atoms with E-state index in [1.54, 1.807) is 24.1 Å². The Balaban J connectivity index is 1.77. The van der Waals surface area contributed by atoms with Crippen LogP contribution in [0.3, 0.4) is 0 Å². The summed E-state index contributed by atoms with van der Waals surface area (Å²) >= 11 is 0. The number of ether oxygens (including phenoxy) is 2. The highest BCUT2D eigenvalue weighted by atomic mass is 16.6. The van der Waals surface area contributed by atoms with Crippen molar-refractivity contribution in [3.05, 3.63) is 29.8 Å². The smallest absolute Gasteiger partial charge is 0.306 e. The van der Waals surface area contributed by atoms with Gasteiger partial charge >= 0.3 is 5.97 Å². The maximum Gasteiger partial charge on any atom is 0.306 e. The molecule has 1 aliphatic rings. The molecule has 5 nitrogen and oxygen atoms in total. The van der Waals surface area contributed by atoms with Crippen molar-refractivity contribution in [1.29, 1.82) is 0 Å². The minimum atomic E-state index is -0.471. The Morgan fingerprint density at radius 2 is 1.73 bits per heavy atom. The summed E-state index contributed by atoms with van der Waals surface area (Å²) in [5.41, 5.74) is 0.157. The van der Waals surface area contributed by atoms with Crippen LogP contribution in [0.2, 0.25) is 0 Å². The molecule has 1 saturated carbocycles. The molecule has 1 aromatic carbocycles. The van der Waals surface area contributed by atoms with Gasteiger partial charge in [-0.05, 0) is 77.1 Å². The Labute approximate surface area is 156 Å². The molecule has 0 spiro atoms. The Bertz CT molecular complexity index is 597. The zero-order chi connectivity index (χ0) is 19.2. The topological polar surface area (TPSA) is 55.8 Å². The molecule has 0 heterocycles. The molecule has 2 rings (SSSR count). The molecule has 0 unspecified atom stereocenters. The van der Waals surface area contributed by atoms with Crippen molar-refractivity contribution in [2.75, 3.05) is 13.6 Å². The first kappa shape index (κ1) is 20.3. The molecular weight excluding hydrogens is 330 g/mol. The molecule has 26 heavy (non-hydrogen) atoms. The minimum Gasteiger partial charge on any atom is -0.490 e. The van der Waals surface area contributed by atoms with Gasteiger partial charge < -0.3 is 14.4 Å². The van der Waals surface area contributed by atoms with Crippen LogP contribution in [-0.4, -0.2) is 42.1 Å². The maximum absolute atomic E-state index is 12.5. The molecule has 0 radical (unpaired) electrons. The van der Waals surface area contributed by atoms with E-state index < -0.39 is 5.60 Å². The number of carbonyl (C=O) groups is 2. The van der Waals surface area contributed by atoms with Crippen molar-refractivity contribution in [2.24, 2.45) is 0 Å². The van der Waals surface area contributed by atoms with E-state index in [1.165, 1.54) is 12.8 Å². The molecule has 0 atom stereocenters. The van der Waals surface area contributed by atoms with Crippen molar-refractivity contribution in [3.8, 4) is 5.75 Å². The van der Waals surface area contributed by atoms with Crippen LogP contribution in [0, 0.1) is 0 Å². The molecule has 0 aliphatic heterocycles. The fraction of sp³-hybridized carbons (Fsp3) is 0.619. The molecule has 0 saturated heterocycles. The minimum absolute atomic E-state index is 0.0541. The monoisotopic (exact) mass is 361 g/mol. The first-order valence-electron chi connectivity index (χ1n) is 9.48.